The van der Waals surface area contributed by atoms with Gasteiger partial charge < -0.3 is 5.32 Å². The van der Waals surface area contributed by atoms with Gasteiger partial charge in [0.1, 0.15) is 0 Å². The number of rotatable bonds is 1. The number of nitrogens with zero attached hydrogens (tertiary/aromatic N) is 2. The van der Waals surface area contributed by atoms with Crippen molar-refractivity contribution in [2.45, 2.75) is 57.2 Å². The van der Waals surface area contributed by atoms with Crippen LogP contribution in [-0.4, -0.2) is 9.78 Å². The van der Waals surface area contributed by atoms with Crippen LogP contribution < -0.4 is 5.32 Å². The Labute approximate surface area is 108 Å². The standard InChI is InChI=1S/C15H21N3/c1-10-2-12-3-11(1)5-15(4-10,6-12)18-9-13-7-16-8-14(13)17-18/h9-12,16H,1-8H2. The Morgan fingerprint density at radius 1 is 1.06 bits per heavy atom. The molecule has 1 aliphatic heterocycles. The maximum atomic E-state index is 4.93. The smallest absolute Gasteiger partial charge is 0.0807 e. The predicted octanol–water partition coefficient (Wildman–Crippen LogP) is 2.41. The highest BCUT2D eigenvalue weighted by Gasteiger charge is 2.52. The Bertz CT molecular complexity index is 445. The summed E-state index contributed by atoms with van der Waals surface area (Å²) in [5.41, 5.74) is 3.18. The van der Waals surface area contributed by atoms with E-state index >= 15 is 0 Å². The van der Waals surface area contributed by atoms with Crippen molar-refractivity contribution in [3.63, 3.8) is 0 Å². The summed E-state index contributed by atoms with van der Waals surface area (Å²) in [4.78, 5) is 0. The van der Waals surface area contributed by atoms with E-state index in [1.807, 2.05) is 0 Å². The molecule has 0 radical (unpaired) electrons. The molecule has 0 saturated heterocycles. The fourth-order valence-electron chi connectivity index (χ4n) is 5.65. The molecule has 0 spiro atoms. The van der Waals surface area contributed by atoms with Crippen LogP contribution in [0.5, 0.6) is 0 Å². The van der Waals surface area contributed by atoms with Gasteiger partial charge in [0.15, 0.2) is 0 Å². The van der Waals surface area contributed by atoms with Gasteiger partial charge >= 0.3 is 0 Å². The second kappa shape index (κ2) is 3.19. The van der Waals surface area contributed by atoms with E-state index < -0.39 is 0 Å². The van der Waals surface area contributed by atoms with Crippen molar-refractivity contribution in [3.05, 3.63) is 17.5 Å². The van der Waals surface area contributed by atoms with Gasteiger partial charge in [-0.05, 0) is 56.3 Å². The SMILES string of the molecule is c1c2c(nn1C13CC4CC(CC(C4)C1)C3)CNC2. The van der Waals surface area contributed by atoms with Gasteiger partial charge in [-0.1, -0.05) is 0 Å². The third-order valence-corrected chi connectivity index (χ3v) is 5.98. The quantitative estimate of drug-likeness (QED) is 0.821. The zero-order valence-corrected chi connectivity index (χ0v) is 10.9. The number of aromatic nitrogens is 2. The lowest BCUT2D eigenvalue weighted by molar-refractivity contribution is -0.0496. The minimum atomic E-state index is 0.416. The second-order valence-corrected chi connectivity index (χ2v) is 7.29. The van der Waals surface area contributed by atoms with Crippen LogP contribution in [0.25, 0.3) is 0 Å². The molecular formula is C15H21N3. The van der Waals surface area contributed by atoms with Crippen LogP contribution in [-0.2, 0) is 18.6 Å². The van der Waals surface area contributed by atoms with E-state index in [0.29, 0.717) is 5.54 Å². The van der Waals surface area contributed by atoms with E-state index in [9.17, 15) is 0 Å². The molecule has 4 fully saturated rings. The molecule has 1 N–H and O–H groups in total. The molecule has 0 aromatic carbocycles. The zero-order chi connectivity index (χ0) is 11.7. The molecule has 18 heavy (non-hydrogen) atoms. The fourth-order valence-corrected chi connectivity index (χ4v) is 5.65. The van der Waals surface area contributed by atoms with E-state index in [-0.39, 0.29) is 0 Å². The van der Waals surface area contributed by atoms with E-state index in [0.717, 1.165) is 30.8 Å². The molecule has 3 nitrogen and oxygen atoms in total. The van der Waals surface area contributed by atoms with Crippen molar-refractivity contribution in [1.29, 1.82) is 0 Å². The summed E-state index contributed by atoms with van der Waals surface area (Å²) in [5, 5.41) is 8.33. The molecule has 4 bridgehead atoms. The first kappa shape index (κ1) is 10.0. The summed E-state index contributed by atoms with van der Waals surface area (Å²) in [7, 11) is 0. The van der Waals surface area contributed by atoms with Crippen LogP contribution in [0.2, 0.25) is 0 Å². The Kier molecular flexibility index (Phi) is 1.77. The average Bonchev–Trinajstić information content (AvgIpc) is 2.86. The maximum absolute atomic E-state index is 4.93. The average molecular weight is 243 g/mol. The van der Waals surface area contributed by atoms with E-state index in [1.165, 1.54) is 49.8 Å². The van der Waals surface area contributed by atoms with Crippen molar-refractivity contribution < 1.29 is 0 Å². The van der Waals surface area contributed by atoms with Crippen molar-refractivity contribution in [2.24, 2.45) is 17.8 Å². The van der Waals surface area contributed by atoms with Crippen molar-refractivity contribution in [3.8, 4) is 0 Å². The highest BCUT2D eigenvalue weighted by atomic mass is 15.3. The molecule has 4 saturated carbocycles. The predicted molar refractivity (Wildman–Crippen MR) is 68.9 cm³/mol. The number of nitrogens with one attached hydrogen (secondary N) is 1. The molecule has 96 valence electrons. The second-order valence-electron chi connectivity index (χ2n) is 7.29. The summed E-state index contributed by atoms with van der Waals surface area (Å²) in [6.45, 7) is 2.01. The van der Waals surface area contributed by atoms with Gasteiger partial charge in [0.25, 0.3) is 0 Å². The Morgan fingerprint density at radius 3 is 2.33 bits per heavy atom. The summed E-state index contributed by atoms with van der Waals surface area (Å²) in [6, 6.07) is 0. The fraction of sp³-hybridized carbons (Fsp3) is 0.800. The van der Waals surface area contributed by atoms with E-state index in [4.69, 9.17) is 5.10 Å². The van der Waals surface area contributed by atoms with Crippen LogP contribution >= 0.6 is 0 Å². The van der Waals surface area contributed by atoms with Crippen molar-refractivity contribution >= 4 is 0 Å². The van der Waals surface area contributed by atoms with Gasteiger partial charge in [0.2, 0.25) is 0 Å². The zero-order valence-electron chi connectivity index (χ0n) is 10.9. The molecule has 3 heteroatoms. The van der Waals surface area contributed by atoms with E-state index in [1.54, 1.807) is 0 Å². The molecule has 0 amide bonds. The molecule has 2 heterocycles. The summed E-state index contributed by atoms with van der Waals surface area (Å²) >= 11 is 0. The van der Waals surface area contributed by atoms with Crippen molar-refractivity contribution in [2.75, 3.05) is 0 Å². The molecule has 5 aliphatic rings. The monoisotopic (exact) mass is 243 g/mol. The Morgan fingerprint density at radius 2 is 1.72 bits per heavy atom. The third kappa shape index (κ3) is 1.21. The summed E-state index contributed by atoms with van der Waals surface area (Å²) in [6.07, 6.45) is 11.1. The number of hydrogen-bond donors (Lipinski definition) is 1. The van der Waals surface area contributed by atoms with Gasteiger partial charge in [-0.2, -0.15) is 5.10 Å². The highest BCUT2D eigenvalue weighted by molar-refractivity contribution is 5.22. The van der Waals surface area contributed by atoms with Gasteiger partial charge in [-0.15, -0.1) is 0 Å². The van der Waals surface area contributed by atoms with Crippen molar-refractivity contribution in [1.82, 2.24) is 15.1 Å². The van der Waals surface area contributed by atoms with Crippen LogP contribution in [0.4, 0.5) is 0 Å². The number of hydrogen-bond acceptors (Lipinski definition) is 2. The van der Waals surface area contributed by atoms with Gasteiger partial charge in [0, 0.05) is 24.8 Å². The van der Waals surface area contributed by atoms with Gasteiger partial charge in [-0.25, -0.2) is 0 Å². The molecule has 0 atom stereocenters. The third-order valence-electron chi connectivity index (χ3n) is 5.98. The largest absolute Gasteiger partial charge is 0.307 e. The first-order valence-corrected chi connectivity index (χ1v) is 7.59. The van der Waals surface area contributed by atoms with Gasteiger partial charge in [-0.3, -0.25) is 4.68 Å². The van der Waals surface area contributed by atoms with E-state index in [2.05, 4.69) is 16.2 Å². The Balaban J connectivity index is 1.58. The first-order chi connectivity index (χ1) is 8.81. The normalized spacial score (nSPS) is 44.6. The highest BCUT2D eigenvalue weighted by Crippen LogP contribution is 2.58. The summed E-state index contributed by atoms with van der Waals surface area (Å²) in [5.74, 6) is 3.02. The molecule has 1 aromatic heterocycles. The van der Waals surface area contributed by atoms with Crippen LogP contribution in [0.15, 0.2) is 6.20 Å². The summed E-state index contributed by atoms with van der Waals surface area (Å²) < 4.78 is 2.41. The topological polar surface area (TPSA) is 29.9 Å². The van der Waals surface area contributed by atoms with Crippen LogP contribution in [0, 0.1) is 17.8 Å². The van der Waals surface area contributed by atoms with Crippen LogP contribution in [0.1, 0.15) is 49.8 Å². The molecule has 4 aliphatic carbocycles. The van der Waals surface area contributed by atoms with Gasteiger partial charge in [0.05, 0.1) is 11.2 Å². The molecule has 0 unspecified atom stereocenters. The maximum Gasteiger partial charge on any atom is 0.0807 e. The molecule has 6 rings (SSSR count). The number of fused-ring (bicyclic) bond motifs is 1. The minimum absolute atomic E-state index is 0.416. The lowest BCUT2D eigenvalue weighted by atomic mass is 9.53. The Hall–Kier alpha value is -0.830. The minimum Gasteiger partial charge on any atom is -0.307 e. The molecule has 1 aromatic rings. The molecular weight excluding hydrogens is 222 g/mol. The first-order valence-electron chi connectivity index (χ1n) is 7.59. The lowest BCUT2D eigenvalue weighted by Gasteiger charge is -2.56. The lowest BCUT2D eigenvalue weighted by Crippen LogP contribution is -2.52. The van der Waals surface area contributed by atoms with Crippen LogP contribution in [0.3, 0.4) is 0 Å².